The summed E-state index contributed by atoms with van der Waals surface area (Å²) in [6.07, 6.45) is 1.01. The van der Waals surface area contributed by atoms with Crippen LogP contribution >= 0.6 is 0 Å². The van der Waals surface area contributed by atoms with Gasteiger partial charge in [0.15, 0.2) is 0 Å². The third-order valence-electron chi connectivity index (χ3n) is 5.00. The second-order valence-corrected chi connectivity index (χ2v) is 7.16. The lowest BCUT2D eigenvalue weighted by atomic mass is 9.95. The third kappa shape index (κ3) is 5.57. The van der Waals surface area contributed by atoms with Gasteiger partial charge < -0.3 is 21.5 Å². The van der Waals surface area contributed by atoms with Crippen molar-refractivity contribution in [2.75, 3.05) is 0 Å². The standard InChI is InChI=1S/C22H29N3O3/c1-3-15(2)20(21(24)27)25(14-17-7-5-4-6-8-17)22(28)19(23)13-16-9-11-18(26)12-10-16/h4-12,15,19-20,26H,3,13-14,23H2,1-2H3,(H2,24,27)/t15-,19-,20-/m0/s1. The smallest absolute Gasteiger partial charge is 0.240 e. The summed E-state index contributed by atoms with van der Waals surface area (Å²) >= 11 is 0. The van der Waals surface area contributed by atoms with Crippen LogP contribution in [0.1, 0.15) is 31.4 Å². The van der Waals surface area contributed by atoms with Gasteiger partial charge in [-0.25, -0.2) is 0 Å². The fraction of sp³-hybridized carbons (Fsp3) is 0.364. The molecule has 5 N–H and O–H groups in total. The van der Waals surface area contributed by atoms with Gasteiger partial charge in [-0.05, 0) is 35.6 Å². The van der Waals surface area contributed by atoms with Crippen molar-refractivity contribution < 1.29 is 14.7 Å². The molecule has 2 amide bonds. The number of nitrogens with two attached hydrogens (primary N) is 2. The van der Waals surface area contributed by atoms with Crippen LogP contribution in [0.25, 0.3) is 0 Å². The van der Waals surface area contributed by atoms with Gasteiger partial charge in [-0.1, -0.05) is 62.7 Å². The fourth-order valence-electron chi connectivity index (χ4n) is 3.24. The van der Waals surface area contributed by atoms with E-state index < -0.39 is 18.0 Å². The predicted molar refractivity (Wildman–Crippen MR) is 109 cm³/mol. The summed E-state index contributed by atoms with van der Waals surface area (Å²) in [4.78, 5) is 27.0. The lowest BCUT2D eigenvalue weighted by Gasteiger charge is -2.35. The number of aromatic hydroxyl groups is 1. The Morgan fingerprint density at radius 2 is 1.64 bits per heavy atom. The lowest BCUT2D eigenvalue weighted by Crippen LogP contribution is -2.55. The molecule has 2 aromatic rings. The highest BCUT2D eigenvalue weighted by Crippen LogP contribution is 2.20. The van der Waals surface area contributed by atoms with Crippen molar-refractivity contribution in [3.05, 3.63) is 65.7 Å². The summed E-state index contributed by atoms with van der Waals surface area (Å²) in [6.45, 7) is 4.13. The van der Waals surface area contributed by atoms with Crippen LogP contribution in [0.2, 0.25) is 0 Å². The highest BCUT2D eigenvalue weighted by atomic mass is 16.3. The highest BCUT2D eigenvalue weighted by molar-refractivity contribution is 5.89. The van der Waals surface area contributed by atoms with Crippen molar-refractivity contribution in [3.8, 4) is 5.75 Å². The maximum Gasteiger partial charge on any atom is 0.240 e. The molecular formula is C22H29N3O3. The number of hydrogen-bond acceptors (Lipinski definition) is 4. The molecule has 0 aliphatic heterocycles. The summed E-state index contributed by atoms with van der Waals surface area (Å²) in [5, 5.41) is 9.42. The first-order valence-corrected chi connectivity index (χ1v) is 9.50. The number of amides is 2. The molecule has 0 saturated carbocycles. The second-order valence-electron chi connectivity index (χ2n) is 7.16. The molecule has 6 heteroatoms. The molecule has 0 unspecified atom stereocenters. The molecule has 3 atom stereocenters. The number of carbonyl (C=O) groups is 2. The van der Waals surface area contributed by atoms with E-state index in [-0.39, 0.29) is 24.1 Å². The van der Waals surface area contributed by atoms with Crippen LogP contribution in [0, 0.1) is 5.92 Å². The van der Waals surface area contributed by atoms with Crippen molar-refractivity contribution >= 4 is 11.8 Å². The molecule has 0 aromatic heterocycles. The van der Waals surface area contributed by atoms with Crippen molar-refractivity contribution in [2.24, 2.45) is 17.4 Å². The van der Waals surface area contributed by atoms with Crippen LogP contribution in [0.4, 0.5) is 0 Å². The summed E-state index contributed by atoms with van der Waals surface area (Å²) in [5.74, 6) is -0.789. The molecule has 0 aliphatic rings. The quantitative estimate of drug-likeness (QED) is 0.616. The van der Waals surface area contributed by atoms with Gasteiger partial charge in [0.1, 0.15) is 11.8 Å². The number of primary amides is 1. The zero-order chi connectivity index (χ0) is 20.7. The largest absolute Gasteiger partial charge is 0.508 e. The van der Waals surface area contributed by atoms with E-state index in [1.54, 1.807) is 24.3 Å². The van der Waals surface area contributed by atoms with Gasteiger partial charge in [0.2, 0.25) is 11.8 Å². The molecule has 0 bridgehead atoms. The van der Waals surface area contributed by atoms with Crippen LogP contribution in [0.15, 0.2) is 54.6 Å². The summed E-state index contributed by atoms with van der Waals surface area (Å²) in [6, 6.07) is 14.5. The number of nitrogens with zero attached hydrogens (tertiary/aromatic N) is 1. The van der Waals surface area contributed by atoms with Crippen molar-refractivity contribution in [1.82, 2.24) is 4.90 Å². The van der Waals surface area contributed by atoms with Crippen LogP contribution < -0.4 is 11.5 Å². The van der Waals surface area contributed by atoms with Crippen molar-refractivity contribution in [1.29, 1.82) is 0 Å². The molecule has 2 aromatic carbocycles. The van der Waals surface area contributed by atoms with E-state index in [0.717, 1.165) is 11.1 Å². The van der Waals surface area contributed by atoms with Gasteiger partial charge in [-0.15, -0.1) is 0 Å². The van der Waals surface area contributed by atoms with E-state index in [1.807, 2.05) is 44.2 Å². The Bertz CT molecular complexity index is 777. The molecule has 6 nitrogen and oxygen atoms in total. The number of rotatable bonds is 9. The molecule has 28 heavy (non-hydrogen) atoms. The Hall–Kier alpha value is -2.86. The minimum absolute atomic E-state index is 0.0916. The molecule has 0 fully saturated rings. The van der Waals surface area contributed by atoms with Gasteiger partial charge in [0.05, 0.1) is 6.04 Å². The zero-order valence-corrected chi connectivity index (χ0v) is 16.4. The highest BCUT2D eigenvalue weighted by Gasteiger charge is 2.34. The molecular weight excluding hydrogens is 354 g/mol. The fourth-order valence-corrected chi connectivity index (χ4v) is 3.24. The maximum atomic E-state index is 13.2. The SMILES string of the molecule is CC[C@H](C)[C@@H](C(N)=O)N(Cc1ccccc1)C(=O)[C@@H](N)Cc1ccc(O)cc1. The van der Waals surface area contributed by atoms with Gasteiger partial charge in [-0.2, -0.15) is 0 Å². The van der Waals surface area contributed by atoms with E-state index >= 15 is 0 Å². The van der Waals surface area contributed by atoms with Gasteiger partial charge in [-0.3, -0.25) is 9.59 Å². The van der Waals surface area contributed by atoms with E-state index in [4.69, 9.17) is 11.5 Å². The Morgan fingerprint density at radius 1 is 1.04 bits per heavy atom. The van der Waals surface area contributed by atoms with E-state index in [1.165, 1.54) is 4.90 Å². The Labute approximate surface area is 166 Å². The van der Waals surface area contributed by atoms with Crippen LogP contribution in [-0.2, 0) is 22.6 Å². The number of carbonyl (C=O) groups excluding carboxylic acids is 2. The average molecular weight is 383 g/mol. The lowest BCUT2D eigenvalue weighted by molar-refractivity contribution is -0.143. The van der Waals surface area contributed by atoms with Gasteiger partial charge in [0, 0.05) is 6.54 Å². The zero-order valence-electron chi connectivity index (χ0n) is 16.4. The number of phenols is 1. The predicted octanol–water partition coefficient (Wildman–Crippen LogP) is 2.19. The van der Waals surface area contributed by atoms with Crippen molar-refractivity contribution in [2.45, 2.75) is 45.3 Å². The van der Waals surface area contributed by atoms with E-state index in [2.05, 4.69) is 0 Å². The first kappa shape index (κ1) is 21.4. The van der Waals surface area contributed by atoms with E-state index in [0.29, 0.717) is 12.8 Å². The average Bonchev–Trinajstić information content (AvgIpc) is 2.69. The first-order chi connectivity index (χ1) is 13.3. The normalized spacial score (nSPS) is 14.1. The summed E-state index contributed by atoms with van der Waals surface area (Å²) in [7, 11) is 0. The summed E-state index contributed by atoms with van der Waals surface area (Å²) < 4.78 is 0. The Morgan fingerprint density at radius 3 is 2.18 bits per heavy atom. The van der Waals surface area contributed by atoms with E-state index in [9.17, 15) is 14.7 Å². The number of hydrogen-bond donors (Lipinski definition) is 3. The summed E-state index contributed by atoms with van der Waals surface area (Å²) in [5.41, 5.74) is 13.6. The number of benzene rings is 2. The topological polar surface area (TPSA) is 110 Å². The van der Waals surface area contributed by atoms with Crippen LogP contribution in [0.3, 0.4) is 0 Å². The van der Waals surface area contributed by atoms with Gasteiger partial charge >= 0.3 is 0 Å². The second kappa shape index (κ2) is 9.90. The molecule has 0 saturated heterocycles. The van der Waals surface area contributed by atoms with Gasteiger partial charge in [0.25, 0.3) is 0 Å². The molecule has 0 spiro atoms. The Kier molecular flexibility index (Phi) is 7.58. The third-order valence-corrected chi connectivity index (χ3v) is 5.00. The molecule has 150 valence electrons. The molecule has 0 aliphatic carbocycles. The van der Waals surface area contributed by atoms with Crippen LogP contribution in [0.5, 0.6) is 5.75 Å². The minimum atomic E-state index is -0.820. The maximum absolute atomic E-state index is 13.2. The Balaban J connectivity index is 2.28. The molecule has 2 rings (SSSR count). The number of phenolic OH excluding ortho intramolecular Hbond substituents is 1. The first-order valence-electron chi connectivity index (χ1n) is 9.50. The molecule has 0 radical (unpaired) electrons. The monoisotopic (exact) mass is 383 g/mol. The molecule has 0 heterocycles. The minimum Gasteiger partial charge on any atom is -0.508 e. The van der Waals surface area contributed by atoms with Crippen molar-refractivity contribution in [3.63, 3.8) is 0 Å². The van der Waals surface area contributed by atoms with Crippen LogP contribution in [-0.4, -0.2) is 33.9 Å².